The van der Waals surface area contributed by atoms with E-state index in [4.69, 9.17) is 0 Å². The van der Waals surface area contributed by atoms with Crippen molar-refractivity contribution in [1.82, 2.24) is 34.3 Å². The molecule has 0 N–H and O–H groups in total. The molecule has 7 heteroatoms. The number of imidazole rings is 1. The standard InChI is InChI=1S/C15H21N7/c1-3-4-5-6-7-12(2)22-9-18-13-14(16-8-17-15(13)22)21-10-19-20-11-21/h8-12H,3-7H2,1-2H3. The summed E-state index contributed by atoms with van der Waals surface area (Å²) in [6, 6.07) is 0.380. The molecule has 116 valence electrons. The monoisotopic (exact) mass is 299 g/mol. The Morgan fingerprint density at radius 2 is 1.82 bits per heavy atom. The summed E-state index contributed by atoms with van der Waals surface area (Å²) in [4.78, 5) is 13.2. The summed E-state index contributed by atoms with van der Waals surface area (Å²) in [6.07, 6.45) is 12.9. The Balaban J connectivity index is 1.85. The number of hydrogen-bond acceptors (Lipinski definition) is 5. The third-order valence-corrected chi connectivity index (χ3v) is 3.95. The zero-order chi connectivity index (χ0) is 15.4. The normalized spacial score (nSPS) is 12.8. The molecule has 0 fully saturated rings. The van der Waals surface area contributed by atoms with Crippen molar-refractivity contribution >= 4 is 11.2 Å². The summed E-state index contributed by atoms with van der Waals surface area (Å²) in [6.45, 7) is 4.45. The van der Waals surface area contributed by atoms with Crippen molar-refractivity contribution < 1.29 is 0 Å². The number of nitrogens with zero attached hydrogens (tertiary/aromatic N) is 7. The van der Waals surface area contributed by atoms with E-state index in [1.54, 1.807) is 23.5 Å². The van der Waals surface area contributed by atoms with Crippen LogP contribution in [0, 0.1) is 0 Å². The average molecular weight is 299 g/mol. The van der Waals surface area contributed by atoms with Gasteiger partial charge in [0.05, 0.1) is 6.33 Å². The van der Waals surface area contributed by atoms with Gasteiger partial charge in [-0.05, 0) is 13.3 Å². The van der Waals surface area contributed by atoms with Crippen molar-refractivity contribution in [3.05, 3.63) is 25.3 Å². The zero-order valence-electron chi connectivity index (χ0n) is 13.1. The molecule has 0 bridgehead atoms. The van der Waals surface area contributed by atoms with E-state index in [0.29, 0.717) is 11.9 Å². The van der Waals surface area contributed by atoms with Crippen molar-refractivity contribution in [2.75, 3.05) is 0 Å². The molecule has 0 amide bonds. The maximum absolute atomic E-state index is 4.50. The van der Waals surface area contributed by atoms with E-state index in [-0.39, 0.29) is 0 Å². The maximum atomic E-state index is 4.50. The highest BCUT2D eigenvalue weighted by Crippen LogP contribution is 2.22. The fourth-order valence-corrected chi connectivity index (χ4v) is 2.67. The van der Waals surface area contributed by atoms with Crippen molar-refractivity contribution in [1.29, 1.82) is 0 Å². The first-order valence-electron chi connectivity index (χ1n) is 7.83. The Labute approximate surface area is 129 Å². The van der Waals surface area contributed by atoms with Crippen molar-refractivity contribution in [2.45, 2.75) is 52.0 Å². The highest BCUT2D eigenvalue weighted by atomic mass is 15.3. The quantitative estimate of drug-likeness (QED) is 0.627. The summed E-state index contributed by atoms with van der Waals surface area (Å²) in [5, 5.41) is 7.65. The van der Waals surface area contributed by atoms with Crippen LogP contribution in [0.1, 0.15) is 52.0 Å². The van der Waals surface area contributed by atoms with Crippen LogP contribution < -0.4 is 0 Å². The van der Waals surface area contributed by atoms with E-state index >= 15 is 0 Å². The van der Waals surface area contributed by atoms with E-state index < -0.39 is 0 Å². The molecule has 3 rings (SSSR count). The number of hydrogen-bond donors (Lipinski definition) is 0. The largest absolute Gasteiger partial charge is 0.312 e. The molecule has 0 aliphatic heterocycles. The number of fused-ring (bicyclic) bond motifs is 1. The fourth-order valence-electron chi connectivity index (χ4n) is 2.67. The van der Waals surface area contributed by atoms with Crippen LogP contribution >= 0.6 is 0 Å². The molecule has 3 aromatic rings. The molecule has 0 aliphatic rings. The second-order valence-electron chi connectivity index (χ2n) is 5.59. The summed E-state index contributed by atoms with van der Waals surface area (Å²) < 4.78 is 3.89. The van der Waals surface area contributed by atoms with Gasteiger partial charge in [0, 0.05) is 6.04 Å². The molecule has 1 atom stereocenters. The molecule has 3 heterocycles. The average Bonchev–Trinajstić information content (AvgIpc) is 3.20. The highest BCUT2D eigenvalue weighted by molar-refractivity contribution is 5.78. The minimum atomic E-state index is 0.380. The fraction of sp³-hybridized carbons (Fsp3) is 0.533. The van der Waals surface area contributed by atoms with E-state index in [1.165, 1.54) is 25.7 Å². The van der Waals surface area contributed by atoms with E-state index in [9.17, 15) is 0 Å². The van der Waals surface area contributed by atoms with E-state index in [2.05, 4.69) is 43.6 Å². The molecule has 22 heavy (non-hydrogen) atoms. The van der Waals surface area contributed by atoms with Gasteiger partial charge in [-0.15, -0.1) is 10.2 Å². The van der Waals surface area contributed by atoms with Gasteiger partial charge >= 0.3 is 0 Å². The molecular formula is C15H21N7. The molecule has 0 saturated carbocycles. The van der Waals surface area contributed by atoms with E-state index in [1.807, 2.05) is 6.33 Å². The molecule has 1 unspecified atom stereocenters. The second kappa shape index (κ2) is 6.64. The lowest BCUT2D eigenvalue weighted by molar-refractivity contribution is 0.479. The van der Waals surface area contributed by atoms with Gasteiger partial charge in [0.1, 0.15) is 19.0 Å². The first-order chi connectivity index (χ1) is 10.8. The van der Waals surface area contributed by atoms with Gasteiger partial charge in [0.2, 0.25) is 0 Å². The van der Waals surface area contributed by atoms with Gasteiger partial charge in [0.25, 0.3) is 0 Å². The zero-order valence-corrected chi connectivity index (χ0v) is 13.1. The molecule has 3 aromatic heterocycles. The first-order valence-corrected chi connectivity index (χ1v) is 7.83. The van der Waals surface area contributed by atoms with Gasteiger partial charge < -0.3 is 4.57 Å². The van der Waals surface area contributed by atoms with Crippen LogP contribution in [0.4, 0.5) is 0 Å². The predicted octanol–water partition coefficient (Wildman–Crippen LogP) is 2.94. The third kappa shape index (κ3) is 2.84. The van der Waals surface area contributed by atoms with Gasteiger partial charge in [0.15, 0.2) is 17.0 Å². The van der Waals surface area contributed by atoms with Crippen LogP contribution in [0.5, 0.6) is 0 Å². The molecule has 0 spiro atoms. The molecular weight excluding hydrogens is 278 g/mol. The Hall–Kier alpha value is -2.31. The summed E-state index contributed by atoms with van der Waals surface area (Å²) in [7, 11) is 0. The van der Waals surface area contributed by atoms with Crippen LogP contribution in [0.2, 0.25) is 0 Å². The number of rotatable bonds is 7. The van der Waals surface area contributed by atoms with Crippen molar-refractivity contribution in [3.8, 4) is 5.82 Å². The number of unbranched alkanes of at least 4 members (excludes halogenated alkanes) is 3. The Morgan fingerprint density at radius 3 is 2.59 bits per heavy atom. The van der Waals surface area contributed by atoms with Crippen LogP contribution in [-0.2, 0) is 0 Å². The van der Waals surface area contributed by atoms with Gasteiger partial charge in [-0.2, -0.15) is 0 Å². The molecule has 7 nitrogen and oxygen atoms in total. The lowest BCUT2D eigenvalue weighted by Crippen LogP contribution is -2.05. The Bertz CT molecular complexity index is 717. The summed E-state index contributed by atoms with van der Waals surface area (Å²) in [5.41, 5.74) is 1.64. The van der Waals surface area contributed by atoms with Gasteiger partial charge in [-0.25, -0.2) is 15.0 Å². The van der Waals surface area contributed by atoms with Crippen LogP contribution in [0.3, 0.4) is 0 Å². The SMILES string of the molecule is CCCCCCC(C)n1cnc2c(-n3cnnc3)ncnc21. The minimum Gasteiger partial charge on any atom is -0.312 e. The molecule has 0 saturated heterocycles. The van der Waals surface area contributed by atoms with Crippen LogP contribution in [0.15, 0.2) is 25.3 Å². The van der Waals surface area contributed by atoms with E-state index in [0.717, 1.165) is 17.6 Å². The van der Waals surface area contributed by atoms with Crippen LogP contribution in [0.25, 0.3) is 17.0 Å². The predicted molar refractivity (Wildman–Crippen MR) is 83.7 cm³/mol. The smallest absolute Gasteiger partial charge is 0.170 e. The Morgan fingerprint density at radius 1 is 1.00 bits per heavy atom. The lowest BCUT2D eigenvalue weighted by atomic mass is 10.1. The maximum Gasteiger partial charge on any atom is 0.170 e. The second-order valence-corrected chi connectivity index (χ2v) is 5.59. The van der Waals surface area contributed by atoms with Gasteiger partial charge in [-0.1, -0.05) is 32.6 Å². The third-order valence-electron chi connectivity index (χ3n) is 3.95. The molecule has 0 radical (unpaired) electrons. The van der Waals surface area contributed by atoms with Crippen molar-refractivity contribution in [2.24, 2.45) is 0 Å². The molecule has 0 aromatic carbocycles. The first kappa shape index (κ1) is 14.6. The van der Waals surface area contributed by atoms with Crippen LogP contribution in [-0.4, -0.2) is 34.3 Å². The summed E-state index contributed by atoms with van der Waals surface area (Å²) >= 11 is 0. The van der Waals surface area contributed by atoms with Crippen molar-refractivity contribution in [3.63, 3.8) is 0 Å². The topological polar surface area (TPSA) is 74.3 Å². The minimum absolute atomic E-state index is 0.380. The highest BCUT2D eigenvalue weighted by Gasteiger charge is 2.14. The lowest BCUT2D eigenvalue weighted by Gasteiger charge is -2.13. The molecule has 0 aliphatic carbocycles. The van der Waals surface area contributed by atoms with Gasteiger partial charge in [-0.3, -0.25) is 4.57 Å². The Kier molecular flexibility index (Phi) is 4.41. The summed E-state index contributed by atoms with van der Waals surface area (Å²) in [5.74, 6) is 0.715. The number of aromatic nitrogens is 7.